The zero-order valence-electron chi connectivity index (χ0n) is 10.9. The minimum atomic E-state index is 0. The maximum absolute atomic E-state index is 5.86. The van der Waals surface area contributed by atoms with E-state index in [0.717, 1.165) is 19.7 Å². The first kappa shape index (κ1) is 16.2. The molecule has 16 heavy (non-hydrogen) atoms. The van der Waals surface area contributed by atoms with Crippen LogP contribution in [0.25, 0.3) is 0 Å². The predicted molar refractivity (Wildman–Crippen MR) is 64.0 cm³/mol. The smallest absolute Gasteiger partial charge is 0.114 e. The molecule has 2 N–H and O–H groups in total. The number of hydrogen-bond acceptors (Lipinski definition) is 1. The summed E-state index contributed by atoms with van der Waals surface area (Å²) in [6.45, 7) is 7.78. The van der Waals surface area contributed by atoms with Gasteiger partial charge < -0.3 is 22.5 Å². The zero-order chi connectivity index (χ0) is 11.0. The fraction of sp³-hybridized carbons (Fsp3) is 1.00. The van der Waals surface area contributed by atoms with Gasteiger partial charge in [0.1, 0.15) is 12.1 Å². The number of rotatable bonds is 7. The van der Waals surface area contributed by atoms with Crippen LogP contribution >= 0.6 is 0 Å². The van der Waals surface area contributed by atoms with Gasteiger partial charge in [-0.05, 0) is 13.3 Å². The Kier molecular flexibility index (Phi) is 9.38. The van der Waals surface area contributed by atoms with Crippen LogP contribution in [-0.2, 0) is 4.74 Å². The molecule has 0 aromatic carbocycles. The van der Waals surface area contributed by atoms with Gasteiger partial charge in [0.05, 0.1) is 13.2 Å². The maximum atomic E-state index is 5.86. The highest BCUT2D eigenvalue weighted by atomic mass is 35.5. The van der Waals surface area contributed by atoms with Gasteiger partial charge >= 0.3 is 0 Å². The summed E-state index contributed by atoms with van der Waals surface area (Å²) in [6.07, 6.45) is 9.55. The van der Waals surface area contributed by atoms with Gasteiger partial charge in [0.2, 0.25) is 0 Å². The van der Waals surface area contributed by atoms with Crippen molar-refractivity contribution in [3.05, 3.63) is 0 Å². The van der Waals surface area contributed by atoms with E-state index < -0.39 is 0 Å². The molecule has 98 valence electrons. The number of morpholine rings is 1. The average molecular weight is 250 g/mol. The molecule has 0 aromatic heterocycles. The summed E-state index contributed by atoms with van der Waals surface area (Å²) in [5, 5.41) is 2.39. The third-order valence-electron chi connectivity index (χ3n) is 3.41. The monoisotopic (exact) mass is 249 g/mol. The van der Waals surface area contributed by atoms with Crippen molar-refractivity contribution in [3.8, 4) is 0 Å². The van der Waals surface area contributed by atoms with Crippen molar-refractivity contribution < 1.29 is 22.5 Å². The van der Waals surface area contributed by atoms with E-state index in [4.69, 9.17) is 4.74 Å². The second-order valence-corrected chi connectivity index (χ2v) is 5.10. The Morgan fingerprint density at radius 1 is 1.12 bits per heavy atom. The molecule has 3 heteroatoms. The first-order valence-electron chi connectivity index (χ1n) is 6.72. The van der Waals surface area contributed by atoms with Crippen LogP contribution in [0.1, 0.15) is 58.8 Å². The summed E-state index contributed by atoms with van der Waals surface area (Å²) >= 11 is 0. The first-order valence-corrected chi connectivity index (χ1v) is 6.72. The van der Waals surface area contributed by atoms with Gasteiger partial charge in [-0.15, -0.1) is 0 Å². The Balaban J connectivity index is 0.00000225. The predicted octanol–water partition coefficient (Wildman–Crippen LogP) is -0.907. The lowest BCUT2D eigenvalue weighted by molar-refractivity contribution is -0.685. The summed E-state index contributed by atoms with van der Waals surface area (Å²) < 4.78 is 5.86. The van der Waals surface area contributed by atoms with E-state index in [1.54, 1.807) is 0 Å². The zero-order valence-corrected chi connectivity index (χ0v) is 11.7. The number of ether oxygens (including phenoxy) is 1. The molecule has 1 unspecified atom stereocenters. The van der Waals surface area contributed by atoms with E-state index in [2.05, 4.69) is 19.2 Å². The highest BCUT2D eigenvalue weighted by molar-refractivity contribution is 4.75. The number of quaternary nitrogens is 1. The lowest BCUT2D eigenvalue weighted by Crippen LogP contribution is -3.00. The molecule has 0 saturated carbocycles. The number of nitrogens with two attached hydrogens (primary N) is 1. The van der Waals surface area contributed by atoms with Crippen LogP contribution in [0.15, 0.2) is 0 Å². The molecular formula is C13H28ClNO. The number of hydrogen-bond donors (Lipinski definition) is 1. The Labute approximate surface area is 107 Å². The van der Waals surface area contributed by atoms with Gasteiger partial charge in [-0.2, -0.15) is 0 Å². The van der Waals surface area contributed by atoms with Gasteiger partial charge in [-0.3, -0.25) is 0 Å². The van der Waals surface area contributed by atoms with E-state index in [1.165, 1.54) is 44.9 Å². The molecule has 0 bridgehead atoms. The molecule has 1 rings (SSSR count). The molecule has 1 heterocycles. The topological polar surface area (TPSA) is 25.8 Å². The number of unbranched alkanes of at least 4 members (excludes halogenated alkanes) is 5. The van der Waals surface area contributed by atoms with Gasteiger partial charge in [0.15, 0.2) is 0 Å². The van der Waals surface area contributed by atoms with Crippen LogP contribution in [0.3, 0.4) is 0 Å². The van der Waals surface area contributed by atoms with E-state index in [0.29, 0.717) is 0 Å². The molecule has 0 aliphatic carbocycles. The molecule has 0 amide bonds. The lowest BCUT2D eigenvalue weighted by atomic mass is 9.96. The molecule has 2 nitrogen and oxygen atoms in total. The minimum absolute atomic E-state index is 0. The van der Waals surface area contributed by atoms with Crippen LogP contribution in [0.5, 0.6) is 0 Å². The summed E-state index contributed by atoms with van der Waals surface area (Å²) in [7, 11) is 0. The summed E-state index contributed by atoms with van der Waals surface area (Å²) in [5.74, 6) is 0. The fourth-order valence-electron chi connectivity index (χ4n) is 2.31. The van der Waals surface area contributed by atoms with Crippen molar-refractivity contribution in [3.63, 3.8) is 0 Å². The lowest BCUT2D eigenvalue weighted by Gasteiger charge is -2.31. The Hall–Kier alpha value is 0.210. The summed E-state index contributed by atoms with van der Waals surface area (Å²) in [5.41, 5.74) is 0.170. The van der Waals surface area contributed by atoms with Crippen LogP contribution < -0.4 is 17.7 Å². The molecule has 1 fully saturated rings. The van der Waals surface area contributed by atoms with Crippen molar-refractivity contribution >= 4 is 0 Å². The Morgan fingerprint density at radius 2 is 1.81 bits per heavy atom. The van der Waals surface area contributed by atoms with Crippen LogP contribution in [-0.4, -0.2) is 25.3 Å². The van der Waals surface area contributed by atoms with Gasteiger partial charge in [0, 0.05) is 0 Å². The SMILES string of the molecule is CCCCCCCCC1(C)C[NH2+]CCO1.[Cl-]. The molecule has 1 saturated heterocycles. The molecule has 1 aliphatic rings. The fourth-order valence-corrected chi connectivity index (χ4v) is 2.31. The van der Waals surface area contributed by atoms with Crippen molar-refractivity contribution in [2.75, 3.05) is 19.7 Å². The maximum Gasteiger partial charge on any atom is 0.114 e. The van der Waals surface area contributed by atoms with Crippen molar-refractivity contribution in [1.29, 1.82) is 0 Å². The molecule has 0 radical (unpaired) electrons. The quantitative estimate of drug-likeness (QED) is 0.582. The van der Waals surface area contributed by atoms with Crippen molar-refractivity contribution in [2.24, 2.45) is 0 Å². The van der Waals surface area contributed by atoms with E-state index in [-0.39, 0.29) is 18.0 Å². The van der Waals surface area contributed by atoms with Crippen molar-refractivity contribution in [2.45, 2.75) is 64.4 Å². The van der Waals surface area contributed by atoms with Crippen LogP contribution in [0.4, 0.5) is 0 Å². The largest absolute Gasteiger partial charge is 1.00 e. The highest BCUT2D eigenvalue weighted by Gasteiger charge is 2.29. The molecular weight excluding hydrogens is 222 g/mol. The minimum Gasteiger partial charge on any atom is -1.00 e. The van der Waals surface area contributed by atoms with Crippen LogP contribution in [0, 0.1) is 0 Å². The first-order chi connectivity index (χ1) is 7.27. The normalized spacial score (nSPS) is 25.1. The van der Waals surface area contributed by atoms with Crippen molar-refractivity contribution in [1.82, 2.24) is 0 Å². The van der Waals surface area contributed by atoms with Gasteiger partial charge in [0.25, 0.3) is 0 Å². The highest BCUT2D eigenvalue weighted by Crippen LogP contribution is 2.19. The van der Waals surface area contributed by atoms with Gasteiger partial charge in [-0.1, -0.05) is 45.4 Å². The van der Waals surface area contributed by atoms with Gasteiger partial charge in [-0.25, -0.2) is 0 Å². The molecule has 0 aromatic rings. The summed E-state index contributed by atoms with van der Waals surface area (Å²) in [6, 6.07) is 0. The molecule has 1 aliphatic heterocycles. The third kappa shape index (κ3) is 6.72. The van der Waals surface area contributed by atoms with Crippen LogP contribution in [0.2, 0.25) is 0 Å². The standard InChI is InChI=1S/C13H27NO.ClH/c1-3-4-5-6-7-8-9-13(2)12-14-10-11-15-13;/h14H,3-12H2,1-2H3;1H. The average Bonchev–Trinajstić information content (AvgIpc) is 2.24. The third-order valence-corrected chi connectivity index (χ3v) is 3.41. The second kappa shape index (κ2) is 9.26. The Bertz CT molecular complexity index is 158. The van der Waals surface area contributed by atoms with E-state index in [9.17, 15) is 0 Å². The van der Waals surface area contributed by atoms with E-state index >= 15 is 0 Å². The van der Waals surface area contributed by atoms with E-state index in [1.807, 2.05) is 0 Å². The molecule has 1 atom stereocenters. The molecule has 0 spiro atoms. The Morgan fingerprint density at radius 3 is 2.44 bits per heavy atom. The summed E-state index contributed by atoms with van der Waals surface area (Å²) in [4.78, 5) is 0. The second-order valence-electron chi connectivity index (χ2n) is 5.10. The number of halogens is 1.